The smallest absolute Gasteiger partial charge is 0.170 e. The summed E-state index contributed by atoms with van der Waals surface area (Å²) in [4.78, 5) is 12.0. The molecule has 82 valence electrons. The Labute approximate surface area is 90.0 Å². The van der Waals surface area contributed by atoms with Crippen molar-refractivity contribution in [2.45, 2.75) is 26.4 Å². The Morgan fingerprint density at radius 1 is 1.53 bits per heavy atom. The average molecular weight is 207 g/mol. The number of aliphatic hydroxyl groups is 1. The Balaban J connectivity index is 2.87. The molecular weight excluding hydrogens is 190 g/mol. The number of carbonyl (C=O) groups excluding carboxylic acids is 1. The van der Waals surface area contributed by atoms with Crippen LogP contribution in [0.4, 0.5) is 0 Å². The first-order chi connectivity index (χ1) is 7.04. The molecule has 1 aliphatic carbocycles. The van der Waals surface area contributed by atoms with Crippen LogP contribution in [0.15, 0.2) is 35.6 Å². The molecule has 2 unspecified atom stereocenters. The quantitative estimate of drug-likeness (QED) is 0.686. The van der Waals surface area contributed by atoms with Crippen molar-refractivity contribution in [1.29, 1.82) is 0 Å². The van der Waals surface area contributed by atoms with Gasteiger partial charge in [-0.2, -0.15) is 0 Å². The van der Waals surface area contributed by atoms with Crippen molar-refractivity contribution < 1.29 is 9.90 Å². The van der Waals surface area contributed by atoms with Crippen molar-refractivity contribution in [1.82, 2.24) is 0 Å². The third-order valence-electron chi connectivity index (χ3n) is 2.43. The van der Waals surface area contributed by atoms with Crippen LogP contribution in [-0.2, 0) is 4.79 Å². The summed E-state index contributed by atoms with van der Waals surface area (Å²) in [5.74, 6) is -0.260. The molecule has 1 rings (SSSR count). The first-order valence-electron chi connectivity index (χ1n) is 5.06. The van der Waals surface area contributed by atoms with Crippen molar-refractivity contribution in [2.24, 2.45) is 11.7 Å². The molecule has 0 heterocycles. The maximum Gasteiger partial charge on any atom is 0.170 e. The van der Waals surface area contributed by atoms with Gasteiger partial charge in [-0.15, -0.1) is 0 Å². The SMILES string of the molecule is CC(N)=C(C(=O)C1C=CC=CC1)C(C)O. The number of Topliss-reactive ketones (excluding diaryl/α,β-unsaturated/α-hetero) is 1. The molecule has 15 heavy (non-hydrogen) atoms. The molecule has 0 aromatic carbocycles. The molecule has 0 spiro atoms. The van der Waals surface area contributed by atoms with E-state index in [0.717, 1.165) is 0 Å². The van der Waals surface area contributed by atoms with Gasteiger partial charge in [0.15, 0.2) is 5.78 Å². The van der Waals surface area contributed by atoms with Crippen LogP contribution in [0.3, 0.4) is 0 Å². The molecule has 2 atom stereocenters. The van der Waals surface area contributed by atoms with E-state index in [2.05, 4.69) is 0 Å². The highest BCUT2D eigenvalue weighted by Gasteiger charge is 2.23. The lowest BCUT2D eigenvalue weighted by molar-refractivity contribution is -0.118. The zero-order chi connectivity index (χ0) is 11.4. The summed E-state index contributed by atoms with van der Waals surface area (Å²) in [7, 11) is 0. The van der Waals surface area contributed by atoms with Gasteiger partial charge in [0.25, 0.3) is 0 Å². The maximum atomic E-state index is 12.0. The summed E-state index contributed by atoms with van der Waals surface area (Å²) in [6, 6.07) is 0. The van der Waals surface area contributed by atoms with Crippen LogP contribution in [0.25, 0.3) is 0 Å². The monoisotopic (exact) mass is 207 g/mol. The highest BCUT2D eigenvalue weighted by molar-refractivity contribution is 5.99. The predicted octanol–water partition coefficient (Wildman–Crippen LogP) is 1.30. The Kier molecular flexibility index (Phi) is 3.86. The lowest BCUT2D eigenvalue weighted by Gasteiger charge is -2.17. The summed E-state index contributed by atoms with van der Waals surface area (Å²) in [5, 5.41) is 9.48. The first kappa shape index (κ1) is 11.7. The van der Waals surface area contributed by atoms with Gasteiger partial charge in [0.05, 0.1) is 6.10 Å². The van der Waals surface area contributed by atoms with E-state index < -0.39 is 6.10 Å². The van der Waals surface area contributed by atoms with E-state index in [-0.39, 0.29) is 11.7 Å². The minimum atomic E-state index is -0.804. The molecule has 0 aromatic heterocycles. The number of aliphatic hydroxyl groups excluding tert-OH is 1. The second kappa shape index (κ2) is 4.94. The molecular formula is C12H17NO2. The summed E-state index contributed by atoms with van der Waals surface area (Å²) in [6.07, 6.45) is 7.41. The van der Waals surface area contributed by atoms with Gasteiger partial charge in [-0.05, 0) is 20.3 Å². The Bertz CT molecular complexity index is 334. The number of rotatable bonds is 3. The van der Waals surface area contributed by atoms with Crippen LogP contribution in [-0.4, -0.2) is 17.0 Å². The minimum Gasteiger partial charge on any atom is -0.402 e. The second-order valence-electron chi connectivity index (χ2n) is 3.79. The molecule has 3 nitrogen and oxygen atoms in total. The standard InChI is InChI=1S/C12H17NO2/c1-8(13)11(9(2)14)12(15)10-6-4-3-5-7-10/h3-6,9-10,14H,7,13H2,1-2H3. The van der Waals surface area contributed by atoms with Crippen molar-refractivity contribution >= 4 is 5.78 Å². The third-order valence-corrected chi connectivity index (χ3v) is 2.43. The van der Waals surface area contributed by atoms with Crippen molar-refractivity contribution in [3.63, 3.8) is 0 Å². The first-order valence-corrected chi connectivity index (χ1v) is 5.06. The molecule has 1 aliphatic rings. The number of allylic oxidation sites excluding steroid dienone is 5. The van der Waals surface area contributed by atoms with E-state index in [9.17, 15) is 9.90 Å². The normalized spacial score (nSPS) is 23.5. The molecule has 3 N–H and O–H groups in total. The van der Waals surface area contributed by atoms with E-state index in [1.807, 2.05) is 24.3 Å². The molecule has 0 saturated carbocycles. The Morgan fingerprint density at radius 2 is 2.20 bits per heavy atom. The van der Waals surface area contributed by atoms with Crippen molar-refractivity contribution in [3.05, 3.63) is 35.6 Å². The van der Waals surface area contributed by atoms with Gasteiger partial charge in [-0.1, -0.05) is 24.3 Å². The molecule has 0 amide bonds. The van der Waals surface area contributed by atoms with E-state index in [0.29, 0.717) is 17.7 Å². The van der Waals surface area contributed by atoms with Crippen LogP contribution in [0.5, 0.6) is 0 Å². The number of hydrogen-bond donors (Lipinski definition) is 2. The van der Waals surface area contributed by atoms with E-state index in [1.165, 1.54) is 0 Å². The lowest BCUT2D eigenvalue weighted by atomic mass is 9.89. The number of nitrogens with two attached hydrogens (primary N) is 1. The second-order valence-corrected chi connectivity index (χ2v) is 3.79. The summed E-state index contributed by atoms with van der Waals surface area (Å²) in [5.41, 5.74) is 6.34. The van der Waals surface area contributed by atoms with Gasteiger partial charge in [0.2, 0.25) is 0 Å². The third kappa shape index (κ3) is 2.80. The van der Waals surface area contributed by atoms with Gasteiger partial charge >= 0.3 is 0 Å². The number of carbonyl (C=O) groups is 1. The molecule has 0 aliphatic heterocycles. The zero-order valence-corrected chi connectivity index (χ0v) is 9.10. The van der Waals surface area contributed by atoms with Crippen LogP contribution < -0.4 is 5.73 Å². The molecule has 0 bridgehead atoms. The van der Waals surface area contributed by atoms with Gasteiger partial charge in [-0.25, -0.2) is 0 Å². The molecule has 0 fully saturated rings. The average Bonchev–Trinajstić information content (AvgIpc) is 2.18. The topological polar surface area (TPSA) is 63.3 Å². The number of ketones is 1. The highest BCUT2D eigenvalue weighted by atomic mass is 16.3. The fourth-order valence-corrected chi connectivity index (χ4v) is 1.70. The molecule has 0 saturated heterocycles. The van der Waals surface area contributed by atoms with E-state index in [4.69, 9.17) is 5.73 Å². The van der Waals surface area contributed by atoms with Crippen LogP contribution in [0.2, 0.25) is 0 Å². The Morgan fingerprint density at radius 3 is 2.60 bits per heavy atom. The molecule has 3 heteroatoms. The summed E-state index contributed by atoms with van der Waals surface area (Å²) >= 11 is 0. The van der Waals surface area contributed by atoms with Crippen molar-refractivity contribution in [3.8, 4) is 0 Å². The van der Waals surface area contributed by atoms with Crippen LogP contribution in [0, 0.1) is 5.92 Å². The Hall–Kier alpha value is -1.35. The lowest BCUT2D eigenvalue weighted by Crippen LogP contribution is -2.25. The van der Waals surface area contributed by atoms with Gasteiger partial charge < -0.3 is 10.8 Å². The van der Waals surface area contributed by atoms with Gasteiger partial charge in [0, 0.05) is 17.2 Å². The van der Waals surface area contributed by atoms with E-state index in [1.54, 1.807) is 13.8 Å². The van der Waals surface area contributed by atoms with Crippen LogP contribution in [0.1, 0.15) is 20.3 Å². The van der Waals surface area contributed by atoms with Gasteiger partial charge in [-0.3, -0.25) is 4.79 Å². The fourth-order valence-electron chi connectivity index (χ4n) is 1.70. The fraction of sp³-hybridized carbons (Fsp3) is 0.417. The highest BCUT2D eigenvalue weighted by Crippen LogP contribution is 2.20. The van der Waals surface area contributed by atoms with Crippen LogP contribution >= 0.6 is 0 Å². The summed E-state index contributed by atoms with van der Waals surface area (Å²) in [6.45, 7) is 3.20. The zero-order valence-electron chi connectivity index (χ0n) is 9.10. The van der Waals surface area contributed by atoms with Gasteiger partial charge in [0.1, 0.15) is 0 Å². The maximum absolute atomic E-state index is 12.0. The van der Waals surface area contributed by atoms with E-state index >= 15 is 0 Å². The van der Waals surface area contributed by atoms with Crippen molar-refractivity contribution in [2.75, 3.05) is 0 Å². The minimum absolute atomic E-state index is 0.0781. The summed E-state index contributed by atoms with van der Waals surface area (Å²) < 4.78 is 0. The number of hydrogen-bond acceptors (Lipinski definition) is 3. The predicted molar refractivity (Wildman–Crippen MR) is 60.0 cm³/mol. The largest absolute Gasteiger partial charge is 0.402 e. The molecule has 0 aromatic rings. The molecule has 0 radical (unpaired) electrons.